The number of nitrogens with zero attached hydrogens (tertiary/aromatic N) is 1. The van der Waals surface area contributed by atoms with Gasteiger partial charge in [0.2, 0.25) is 0 Å². The summed E-state index contributed by atoms with van der Waals surface area (Å²) in [5.74, 6) is 4.22. The second-order valence-electron chi connectivity index (χ2n) is 2.86. The summed E-state index contributed by atoms with van der Waals surface area (Å²) in [6.45, 7) is 0. The van der Waals surface area contributed by atoms with Crippen molar-refractivity contribution >= 4 is 5.97 Å². The molecule has 0 fully saturated rings. The van der Waals surface area contributed by atoms with Crippen LogP contribution < -0.4 is 0 Å². The van der Waals surface area contributed by atoms with E-state index in [-0.39, 0.29) is 12.0 Å². The molecule has 4 heteroatoms. The van der Waals surface area contributed by atoms with E-state index < -0.39 is 11.8 Å². The van der Waals surface area contributed by atoms with Crippen LogP contribution in [0.25, 0.3) is 0 Å². The van der Waals surface area contributed by atoms with E-state index in [1.807, 2.05) is 6.07 Å². The summed E-state index contributed by atoms with van der Waals surface area (Å²) in [6.07, 6.45) is -0.0568. The van der Waals surface area contributed by atoms with Crippen molar-refractivity contribution in [2.75, 3.05) is 7.11 Å². The Bertz CT molecular complexity index is 506. The Balaban J connectivity index is 2.89. The van der Waals surface area contributed by atoms with Crippen LogP contribution in [0.1, 0.15) is 17.5 Å². The molecule has 0 unspecified atom stereocenters. The van der Waals surface area contributed by atoms with Gasteiger partial charge in [-0.2, -0.15) is 5.26 Å². The Morgan fingerprint density at radius 2 is 2.25 bits per heavy atom. The van der Waals surface area contributed by atoms with Crippen LogP contribution in [0.15, 0.2) is 18.2 Å². The number of rotatable bonds is 1. The highest BCUT2D eigenvalue weighted by Gasteiger charge is 2.00. The van der Waals surface area contributed by atoms with Crippen molar-refractivity contribution in [1.82, 2.24) is 0 Å². The molecule has 0 amide bonds. The van der Waals surface area contributed by atoms with Crippen LogP contribution in [0.5, 0.6) is 0 Å². The van der Waals surface area contributed by atoms with Gasteiger partial charge in [0.1, 0.15) is 18.3 Å². The SMILES string of the molecule is COC(=O)CC#Cc1ccc(F)cc1C#N. The third kappa shape index (κ3) is 3.11. The molecule has 0 saturated heterocycles. The molecule has 0 spiro atoms. The Labute approximate surface area is 92.5 Å². The number of carbonyl (C=O) groups is 1. The van der Waals surface area contributed by atoms with Gasteiger partial charge in [-0.25, -0.2) is 4.39 Å². The van der Waals surface area contributed by atoms with E-state index >= 15 is 0 Å². The molecular formula is C12H8FNO2. The maximum atomic E-state index is 12.8. The molecule has 3 nitrogen and oxygen atoms in total. The molecule has 0 saturated carbocycles. The van der Waals surface area contributed by atoms with E-state index in [0.717, 1.165) is 6.07 Å². The van der Waals surface area contributed by atoms with E-state index in [1.165, 1.54) is 19.2 Å². The Morgan fingerprint density at radius 3 is 2.88 bits per heavy atom. The molecule has 0 radical (unpaired) electrons. The number of benzene rings is 1. The molecule has 0 N–H and O–H groups in total. The first-order valence-electron chi connectivity index (χ1n) is 4.42. The molecular weight excluding hydrogens is 209 g/mol. The van der Waals surface area contributed by atoms with E-state index in [4.69, 9.17) is 5.26 Å². The minimum atomic E-state index is -0.491. The molecule has 0 aliphatic rings. The molecule has 0 atom stereocenters. The fraction of sp³-hybridized carbons (Fsp3) is 0.167. The number of hydrogen-bond acceptors (Lipinski definition) is 3. The number of nitriles is 1. The van der Waals surface area contributed by atoms with Crippen molar-refractivity contribution in [2.24, 2.45) is 0 Å². The summed E-state index contributed by atoms with van der Waals surface area (Å²) < 4.78 is 17.2. The zero-order valence-electron chi connectivity index (χ0n) is 8.58. The molecule has 80 valence electrons. The van der Waals surface area contributed by atoms with Crippen LogP contribution >= 0.6 is 0 Å². The molecule has 0 bridgehead atoms. The molecule has 16 heavy (non-hydrogen) atoms. The lowest BCUT2D eigenvalue weighted by atomic mass is 10.1. The van der Waals surface area contributed by atoms with E-state index in [0.29, 0.717) is 5.56 Å². The highest BCUT2D eigenvalue weighted by molar-refractivity contribution is 5.72. The summed E-state index contributed by atoms with van der Waals surface area (Å²) in [5, 5.41) is 8.72. The van der Waals surface area contributed by atoms with Crippen LogP contribution in [0.4, 0.5) is 4.39 Å². The number of methoxy groups -OCH3 is 1. The Morgan fingerprint density at radius 1 is 1.50 bits per heavy atom. The highest BCUT2D eigenvalue weighted by Crippen LogP contribution is 2.08. The summed E-state index contributed by atoms with van der Waals surface area (Å²) in [4.78, 5) is 10.8. The second-order valence-corrected chi connectivity index (χ2v) is 2.86. The predicted octanol–water partition coefficient (Wildman–Crippen LogP) is 1.61. The molecule has 0 aliphatic heterocycles. The lowest BCUT2D eigenvalue weighted by Gasteiger charge is -1.94. The van der Waals surface area contributed by atoms with Gasteiger partial charge in [0.05, 0.1) is 12.7 Å². The molecule has 0 aromatic heterocycles. The van der Waals surface area contributed by atoms with Gasteiger partial charge in [-0.3, -0.25) is 4.79 Å². The van der Waals surface area contributed by atoms with Crippen molar-refractivity contribution in [1.29, 1.82) is 5.26 Å². The van der Waals surface area contributed by atoms with Gasteiger partial charge in [0.15, 0.2) is 0 Å². The first-order valence-corrected chi connectivity index (χ1v) is 4.42. The van der Waals surface area contributed by atoms with E-state index in [9.17, 15) is 9.18 Å². The van der Waals surface area contributed by atoms with Gasteiger partial charge < -0.3 is 4.74 Å². The smallest absolute Gasteiger partial charge is 0.317 e. The predicted molar refractivity (Wildman–Crippen MR) is 54.6 cm³/mol. The normalized spacial score (nSPS) is 8.56. The largest absolute Gasteiger partial charge is 0.468 e. The molecule has 0 aliphatic carbocycles. The number of hydrogen-bond donors (Lipinski definition) is 0. The number of ether oxygens (including phenoxy) is 1. The second kappa shape index (κ2) is 5.53. The zero-order chi connectivity index (χ0) is 12.0. The quantitative estimate of drug-likeness (QED) is 0.530. The summed E-state index contributed by atoms with van der Waals surface area (Å²) in [7, 11) is 1.27. The van der Waals surface area contributed by atoms with Gasteiger partial charge in [0.25, 0.3) is 0 Å². The van der Waals surface area contributed by atoms with Crippen LogP contribution in [0, 0.1) is 29.0 Å². The highest BCUT2D eigenvalue weighted by atomic mass is 19.1. The number of carbonyl (C=O) groups excluding carboxylic acids is 1. The van der Waals surface area contributed by atoms with Crippen molar-refractivity contribution in [3.8, 4) is 17.9 Å². The van der Waals surface area contributed by atoms with Gasteiger partial charge in [-0.1, -0.05) is 11.8 Å². The maximum Gasteiger partial charge on any atom is 0.317 e. The van der Waals surface area contributed by atoms with Crippen molar-refractivity contribution in [2.45, 2.75) is 6.42 Å². The molecule has 1 aromatic carbocycles. The average Bonchev–Trinajstić information content (AvgIpc) is 2.30. The first kappa shape index (κ1) is 11.7. The standard InChI is InChI=1S/C12H8FNO2/c1-16-12(15)4-2-3-9-5-6-11(13)7-10(9)8-14/h5-7H,4H2,1H3. The lowest BCUT2D eigenvalue weighted by molar-refractivity contribution is -0.139. The van der Waals surface area contributed by atoms with E-state index in [2.05, 4.69) is 16.6 Å². The van der Waals surface area contributed by atoms with Crippen LogP contribution in [-0.2, 0) is 9.53 Å². The fourth-order valence-electron chi connectivity index (χ4n) is 1.00. The monoisotopic (exact) mass is 217 g/mol. The third-order valence-electron chi connectivity index (χ3n) is 1.79. The van der Waals surface area contributed by atoms with Gasteiger partial charge in [0, 0.05) is 5.56 Å². The van der Waals surface area contributed by atoms with Crippen LogP contribution in [0.2, 0.25) is 0 Å². The topological polar surface area (TPSA) is 50.1 Å². The first-order chi connectivity index (χ1) is 7.67. The zero-order valence-corrected chi connectivity index (χ0v) is 8.58. The van der Waals surface area contributed by atoms with Crippen molar-refractivity contribution in [3.63, 3.8) is 0 Å². The fourth-order valence-corrected chi connectivity index (χ4v) is 1.00. The lowest BCUT2D eigenvalue weighted by Crippen LogP contribution is -1.97. The van der Waals surface area contributed by atoms with Gasteiger partial charge >= 0.3 is 5.97 Å². The molecule has 1 aromatic rings. The van der Waals surface area contributed by atoms with Crippen molar-refractivity contribution in [3.05, 3.63) is 35.1 Å². The van der Waals surface area contributed by atoms with Crippen molar-refractivity contribution < 1.29 is 13.9 Å². The van der Waals surface area contributed by atoms with Crippen LogP contribution in [0.3, 0.4) is 0 Å². The minimum absolute atomic E-state index is 0.0568. The summed E-state index contributed by atoms with van der Waals surface area (Å²) in [5.41, 5.74) is 0.546. The minimum Gasteiger partial charge on any atom is -0.468 e. The van der Waals surface area contributed by atoms with E-state index in [1.54, 1.807) is 0 Å². The molecule has 0 heterocycles. The average molecular weight is 217 g/mol. The summed E-state index contributed by atoms with van der Waals surface area (Å²) in [6, 6.07) is 5.54. The van der Waals surface area contributed by atoms with Gasteiger partial charge in [-0.05, 0) is 18.2 Å². The molecule has 1 rings (SSSR count). The van der Waals surface area contributed by atoms with Gasteiger partial charge in [-0.15, -0.1) is 0 Å². The Hall–Kier alpha value is -2.33. The van der Waals surface area contributed by atoms with Crippen LogP contribution in [-0.4, -0.2) is 13.1 Å². The third-order valence-corrected chi connectivity index (χ3v) is 1.79. The maximum absolute atomic E-state index is 12.8. The number of esters is 1. The Kier molecular flexibility index (Phi) is 4.06. The summed E-state index contributed by atoms with van der Waals surface area (Å²) >= 11 is 0. The number of halogens is 1.